The van der Waals surface area contributed by atoms with Crippen molar-refractivity contribution < 1.29 is 4.74 Å². The molecule has 2 unspecified atom stereocenters. The molecule has 21 heavy (non-hydrogen) atoms. The standard InChI is InChI=1S/C14H26N6O/c1-3-7-21-14-18-12(17-13(19-14)20-15)16-9-11-6-4-5-10(2)8-11/h10-11H,3-9,15H2,1-2H3,(H2,16,17,18,19,20). The van der Waals surface area contributed by atoms with Gasteiger partial charge in [0.1, 0.15) is 0 Å². The fourth-order valence-corrected chi connectivity index (χ4v) is 2.74. The van der Waals surface area contributed by atoms with E-state index in [9.17, 15) is 0 Å². The molecule has 0 aromatic carbocycles. The van der Waals surface area contributed by atoms with Crippen LogP contribution in [-0.4, -0.2) is 28.1 Å². The van der Waals surface area contributed by atoms with Crippen molar-refractivity contribution in [2.75, 3.05) is 23.9 Å². The summed E-state index contributed by atoms with van der Waals surface area (Å²) in [6.45, 7) is 5.81. The third kappa shape index (κ3) is 5.00. The van der Waals surface area contributed by atoms with Crippen LogP contribution in [-0.2, 0) is 0 Å². The van der Waals surface area contributed by atoms with Gasteiger partial charge < -0.3 is 10.1 Å². The molecule has 118 valence electrons. The zero-order valence-electron chi connectivity index (χ0n) is 12.9. The molecule has 1 aromatic heterocycles. The number of nitrogen functional groups attached to an aromatic ring is 1. The second-order valence-corrected chi connectivity index (χ2v) is 5.78. The van der Waals surface area contributed by atoms with Gasteiger partial charge in [-0.2, -0.15) is 15.0 Å². The molecule has 0 saturated heterocycles. The Kier molecular flexibility index (Phi) is 5.98. The molecule has 0 amide bonds. The number of hydrogen-bond acceptors (Lipinski definition) is 7. The van der Waals surface area contributed by atoms with Crippen molar-refractivity contribution in [2.45, 2.75) is 46.0 Å². The largest absolute Gasteiger partial charge is 0.463 e. The van der Waals surface area contributed by atoms with Crippen LogP contribution in [0.5, 0.6) is 6.01 Å². The first-order valence-corrected chi connectivity index (χ1v) is 7.80. The molecule has 0 spiro atoms. The summed E-state index contributed by atoms with van der Waals surface area (Å²) in [5.74, 6) is 7.71. The van der Waals surface area contributed by atoms with E-state index in [0.29, 0.717) is 30.4 Å². The summed E-state index contributed by atoms with van der Waals surface area (Å²) in [4.78, 5) is 12.6. The minimum absolute atomic E-state index is 0.305. The normalized spacial score (nSPS) is 21.9. The van der Waals surface area contributed by atoms with Gasteiger partial charge in [-0.15, -0.1) is 0 Å². The monoisotopic (exact) mass is 294 g/mol. The van der Waals surface area contributed by atoms with E-state index in [1.165, 1.54) is 25.7 Å². The Morgan fingerprint density at radius 2 is 2.05 bits per heavy atom. The third-order valence-electron chi connectivity index (χ3n) is 3.77. The van der Waals surface area contributed by atoms with Crippen molar-refractivity contribution >= 4 is 11.9 Å². The molecule has 1 heterocycles. The summed E-state index contributed by atoms with van der Waals surface area (Å²) in [5, 5.41) is 3.29. The van der Waals surface area contributed by atoms with Gasteiger partial charge in [0.15, 0.2) is 0 Å². The number of hydrazine groups is 1. The Labute approximate surface area is 126 Å². The van der Waals surface area contributed by atoms with E-state index in [1.807, 2.05) is 6.92 Å². The van der Waals surface area contributed by atoms with E-state index in [1.54, 1.807) is 0 Å². The minimum Gasteiger partial charge on any atom is -0.463 e. The summed E-state index contributed by atoms with van der Waals surface area (Å²) in [7, 11) is 0. The maximum Gasteiger partial charge on any atom is 0.323 e. The molecule has 2 atom stereocenters. The first-order valence-electron chi connectivity index (χ1n) is 7.80. The predicted octanol–water partition coefficient (Wildman–Crippen LogP) is 2.18. The maximum absolute atomic E-state index is 5.45. The van der Waals surface area contributed by atoms with E-state index in [-0.39, 0.29) is 0 Å². The van der Waals surface area contributed by atoms with Gasteiger partial charge in [-0.3, -0.25) is 5.43 Å². The van der Waals surface area contributed by atoms with Crippen molar-refractivity contribution in [3.8, 4) is 6.01 Å². The predicted molar refractivity (Wildman–Crippen MR) is 83.0 cm³/mol. The van der Waals surface area contributed by atoms with Crippen molar-refractivity contribution in [3.63, 3.8) is 0 Å². The lowest BCUT2D eigenvalue weighted by molar-refractivity contribution is 0.289. The first-order chi connectivity index (χ1) is 10.2. The molecule has 1 saturated carbocycles. The highest BCUT2D eigenvalue weighted by Crippen LogP contribution is 2.28. The number of ether oxygens (including phenoxy) is 1. The molecule has 7 nitrogen and oxygen atoms in total. The van der Waals surface area contributed by atoms with E-state index >= 15 is 0 Å². The number of anilines is 2. The Bertz CT molecular complexity index is 441. The van der Waals surface area contributed by atoms with Crippen LogP contribution in [0.1, 0.15) is 46.0 Å². The molecule has 0 bridgehead atoms. The van der Waals surface area contributed by atoms with Gasteiger partial charge in [0.25, 0.3) is 0 Å². The molecule has 1 aliphatic carbocycles. The van der Waals surface area contributed by atoms with Crippen LogP contribution in [0.4, 0.5) is 11.9 Å². The molecule has 0 aliphatic heterocycles. The summed E-state index contributed by atoms with van der Waals surface area (Å²) in [6, 6.07) is 0.305. The molecule has 1 aromatic rings. The van der Waals surface area contributed by atoms with Crippen molar-refractivity contribution in [3.05, 3.63) is 0 Å². The van der Waals surface area contributed by atoms with Gasteiger partial charge in [0, 0.05) is 6.54 Å². The van der Waals surface area contributed by atoms with Crippen LogP contribution in [0.25, 0.3) is 0 Å². The second kappa shape index (κ2) is 7.97. The van der Waals surface area contributed by atoms with Crippen LogP contribution in [0, 0.1) is 11.8 Å². The number of nitrogens with two attached hydrogens (primary N) is 1. The van der Waals surface area contributed by atoms with Gasteiger partial charge in [0.05, 0.1) is 6.61 Å². The average Bonchev–Trinajstić information content (AvgIpc) is 2.51. The summed E-state index contributed by atoms with van der Waals surface area (Å²) in [6.07, 6.45) is 6.09. The smallest absolute Gasteiger partial charge is 0.323 e. The highest BCUT2D eigenvalue weighted by Gasteiger charge is 2.19. The highest BCUT2D eigenvalue weighted by molar-refractivity contribution is 5.34. The number of aromatic nitrogens is 3. The third-order valence-corrected chi connectivity index (χ3v) is 3.77. The van der Waals surface area contributed by atoms with E-state index in [0.717, 1.165) is 18.9 Å². The van der Waals surface area contributed by atoms with E-state index < -0.39 is 0 Å². The average molecular weight is 294 g/mol. The maximum atomic E-state index is 5.45. The van der Waals surface area contributed by atoms with Crippen LogP contribution in [0.2, 0.25) is 0 Å². The number of nitrogens with one attached hydrogen (secondary N) is 2. The summed E-state index contributed by atoms with van der Waals surface area (Å²) in [5.41, 5.74) is 2.45. The molecule has 0 radical (unpaired) electrons. The number of hydrogen-bond donors (Lipinski definition) is 3. The first kappa shape index (κ1) is 15.8. The summed E-state index contributed by atoms with van der Waals surface area (Å²) >= 11 is 0. The van der Waals surface area contributed by atoms with E-state index in [4.69, 9.17) is 10.6 Å². The molecular formula is C14H26N6O. The zero-order chi connectivity index (χ0) is 15.1. The van der Waals surface area contributed by atoms with Crippen LogP contribution in [0.3, 0.4) is 0 Å². The fraction of sp³-hybridized carbons (Fsp3) is 0.786. The quantitative estimate of drug-likeness (QED) is 0.523. The fourth-order valence-electron chi connectivity index (χ4n) is 2.74. The molecule has 4 N–H and O–H groups in total. The lowest BCUT2D eigenvalue weighted by Crippen LogP contribution is -2.22. The van der Waals surface area contributed by atoms with Crippen molar-refractivity contribution in [2.24, 2.45) is 17.7 Å². The SMILES string of the molecule is CCCOc1nc(NN)nc(NCC2CCCC(C)C2)n1. The second-order valence-electron chi connectivity index (χ2n) is 5.78. The Balaban J connectivity index is 1.94. The lowest BCUT2D eigenvalue weighted by Gasteiger charge is -2.26. The van der Waals surface area contributed by atoms with Gasteiger partial charge >= 0.3 is 6.01 Å². The minimum atomic E-state index is 0.305. The van der Waals surface area contributed by atoms with Crippen LogP contribution < -0.4 is 21.3 Å². The van der Waals surface area contributed by atoms with Gasteiger partial charge in [-0.05, 0) is 31.1 Å². The Morgan fingerprint density at radius 3 is 2.76 bits per heavy atom. The zero-order valence-corrected chi connectivity index (χ0v) is 12.9. The van der Waals surface area contributed by atoms with Crippen molar-refractivity contribution in [1.29, 1.82) is 0 Å². The highest BCUT2D eigenvalue weighted by atomic mass is 16.5. The lowest BCUT2D eigenvalue weighted by atomic mass is 9.82. The van der Waals surface area contributed by atoms with Gasteiger partial charge in [-0.25, -0.2) is 5.84 Å². The van der Waals surface area contributed by atoms with Crippen LogP contribution >= 0.6 is 0 Å². The van der Waals surface area contributed by atoms with E-state index in [2.05, 4.69) is 32.6 Å². The molecule has 2 rings (SSSR count). The van der Waals surface area contributed by atoms with Gasteiger partial charge in [0.2, 0.25) is 11.9 Å². The van der Waals surface area contributed by atoms with Gasteiger partial charge in [-0.1, -0.05) is 26.7 Å². The Hall–Kier alpha value is -1.63. The van der Waals surface area contributed by atoms with Crippen LogP contribution in [0.15, 0.2) is 0 Å². The molecule has 7 heteroatoms. The number of nitrogens with zero attached hydrogens (tertiary/aromatic N) is 3. The van der Waals surface area contributed by atoms with Crippen molar-refractivity contribution in [1.82, 2.24) is 15.0 Å². The molecule has 1 aliphatic rings. The summed E-state index contributed by atoms with van der Waals surface area (Å²) < 4.78 is 5.45. The number of rotatable bonds is 7. The molecular weight excluding hydrogens is 268 g/mol. The topological polar surface area (TPSA) is 98.0 Å². The Morgan fingerprint density at radius 1 is 1.24 bits per heavy atom. The molecule has 1 fully saturated rings.